The minimum Gasteiger partial charge on any atom is -0.444 e. The van der Waals surface area contributed by atoms with Crippen LogP contribution in [0, 0.1) is 6.92 Å². The van der Waals surface area contributed by atoms with Crippen molar-refractivity contribution in [3.8, 4) is 0 Å². The third-order valence-electron chi connectivity index (χ3n) is 3.39. The molecule has 1 fully saturated rings. The predicted octanol–water partition coefficient (Wildman–Crippen LogP) is 3.33. The van der Waals surface area contributed by atoms with Crippen LogP contribution in [0.2, 0.25) is 0 Å². The summed E-state index contributed by atoms with van der Waals surface area (Å²) >= 11 is 1.63. The lowest BCUT2D eigenvalue weighted by atomic mass is 9.94. The number of carbonyl (C=O) groups is 1. The summed E-state index contributed by atoms with van der Waals surface area (Å²) in [7, 11) is 0. The van der Waals surface area contributed by atoms with Crippen molar-refractivity contribution in [1.82, 2.24) is 14.9 Å². The van der Waals surface area contributed by atoms with Gasteiger partial charge in [0.15, 0.2) is 0 Å². The van der Waals surface area contributed by atoms with Gasteiger partial charge in [-0.25, -0.2) is 14.8 Å². The average molecular weight is 305 g/mol. The molecule has 0 spiro atoms. The van der Waals surface area contributed by atoms with E-state index < -0.39 is 5.60 Å². The largest absolute Gasteiger partial charge is 0.444 e. The Morgan fingerprint density at radius 3 is 2.76 bits per heavy atom. The lowest BCUT2D eigenvalue weighted by Crippen LogP contribution is -2.50. The van der Waals surface area contributed by atoms with E-state index in [4.69, 9.17) is 4.74 Å². The molecule has 0 saturated carbocycles. The quantitative estimate of drug-likeness (QED) is 0.811. The molecule has 3 rings (SSSR count). The molecule has 0 aliphatic carbocycles. The van der Waals surface area contributed by atoms with Gasteiger partial charge < -0.3 is 9.64 Å². The number of carbonyl (C=O) groups excluding carboxylic acids is 1. The Bertz CT molecular complexity index is 684. The second-order valence-corrected chi connectivity index (χ2v) is 7.27. The molecule has 1 amide bonds. The fourth-order valence-corrected chi connectivity index (χ4v) is 3.24. The molecular formula is C15H19N3O2S. The minimum atomic E-state index is -0.450. The maximum Gasteiger partial charge on any atom is 0.410 e. The van der Waals surface area contributed by atoms with E-state index in [-0.39, 0.29) is 12.0 Å². The molecule has 1 aliphatic rings. The van der Waals surface area contributed by atoms with Crippen molar-refractivity contribution < 1.29 is 9.53 Å². The molecule has 6 heteroatoms. The van der Waals surface area contributed by atoms with E-state index in [2.05, 4.69) is 16.0 Å². The Kier molecular flexibility index (Phi) is 3.36. The van der Waals surface area contributed by atoms with Crippen LogP contribution in [-0.2, 0) is 4.74 Å². The molecule has 0 radical (unpaired) electrons. The van der Waals surface area contributed by atoms with Crippen LogP contribution >= 0.6 is 11.3 Å². The van der Waals surface area contributed by atoms with Crippen LogP contribution in [0.5, 0.6) is 0 Å². The van der Waals surface area contributed by atoms with Gasteiger partial charge >= 0.3 is 6.09 Å². The number of amides is 1. The molecule has 0 atom stereocenters. The van der Waals surface area contributed by atoms with Crippen LogP contribution in [-0.4, -0.2) is 39.7 Å². The highest BCUT2D eigenvalue weighted by Gasteiger charge is 2.36. The zero-order valence-electron chi connectivity index (χ0n) is 12.7. The number of thiophene rings is 1. The summed E-state index contributed by atoms with van der Waals surface area (Å²) in [5.74, 6) is 1.06. The summed E-state index contributed by atoms with van der Waals surface area (Å²) in [6, 6.07) is 2.06. The maximum atomic E-state index is 12.0. The van der Waals surface area contributed by atoms with Gasteiger partial charge in [-0.2, -0.15) is 0 Å². The summed E-state index contributed by atoms with van der Waals surface area (Å²) in [6.45, 7) is 8.88. The molecule has 1 saturated heterocycles. The molecule has 21 heavy (non-hydrogen) atoms. The average Bonchev–Trinajstić information content (AvgIpc) is 2.71. The van der Waals surface area contributed by atoms with Gasteiger partial charge in [0, 0.05) is 24.4 Å². The number of hydrogen-bond donors (Lipinski definition) is 0. The predicted molar refractivity (Wildman–Crippen MR) is 82.7 cm³/mol. The number of fused-ring (bicyclic) bond motifs is 1. The highest BCUT2D eigenvalue weighted by Crippen LogP contribution is 2.33. The molecular weight excluding hydrogens is 286 g/mol. The van der Waals surface area contributed by atoms with Crippen LogP contribution in [0.25, 0.3) is 10.2 Å². The normalized spacial score (nSPS) is 16.1. The third kappa shape index (κ3) is 2.85. The van der Waals surface area contributed by atoms with Gasteiger partial charge in [-0.05, 0) is 39.1 Å². The highest BCUT2D eigenvalue weighted by molar-refractivity contribution is 7.16. The number of hydrogen-bond acceptors (Lipinski definition) is 5. The van der Waals surface area contributed by atoms with E-state index in [1.807, 2.05) is 33.1 Å². The number of nitrogens with zero attached hydrogens (tertiary/aromatic N) is 3. The van der Waals surface area contributed by atoms with Gasteiger partial charge in [0.2, 0.25) is 0 Å². The van der Waals surface area contributed by atoms with Gasteiger partial charge in [0.1, 0.15) is 16.3 Å². The molecule has 3 heterocycles. The van der Waals surface area contributed by atoms with E-state index in [0.717, 1.165) is 21.7 Å². The SMILES string of the molecule is Cc1nc(C2CN(C(=O)OC(C)(C)C)C2)c2ccsc2n1. The highest BCUT2D eigenvalue weighted by atomic mass is 32.1. The molecule has 0 bridgehead atoms. The summed E-state index contributed by atoms with van der Waals surface area (Å²) in [5.41, 5.74) is 0.604. The van der Waals surface area contributed by atoms with Gasteiger partial charge in [-0.3, -0.25) is 0 Å². The van der Waals surface area contributed by atoms with Gasteiger partial charge in [0.25, 0.3) is 0 Å². The van der Waals surface area contributed by atoms with Crippen molar-refractivity contribution >= 4 is 27.6 Å². The van der Waals surface area contributed by atoms with Crippen LogP contribution in [0.4, 0.5) is 4.79 Å². The first-order valence-corrected chi connectivity index (χ1v) is 7.91. The van der Waals surface area contributed by atoms with E-state index >= 15 is 0 Å². The fraction of sp³-hybridized carbons (Fsp3) is 0.533. The molecule has 0 N–H and O–H groups in total. The monoisotopic (exact) mass is 305 g/mol. The Labute approximate surface area is 128 Å². The van der Waals surface area contributed by atoms with Crippen molar-refractivity contribution in [3.63, 3.8) is 0 Å². The first-order chi connectivity index (χ1) is 9.83. The second-order valence-electron chi connectivity index (χ2n) is 6.38. The van der Waals surface area contributed by atoms with Crippen molar-refractivity contribution in [1.29, 1.82) is 0 Å². The lowest BCUT2D eigenvalue weighted by molar-refractivity contribution is 0.00798. The van der Waals surface area contributed by atoms with E-state index in [1.54, 1.807) is 16.2 Å². The van der Waals surface area contributed by atoms with E-state index in [9.17, 15) is 4.79 Å². The number of ether oxygens (including phenoxy) is 1. The number of aryl methyl sites for hydroxylation is 1. The van der Waals surface area contributed by atoms with Gasteiger partial charge in [-0.15, -0.1) is 11.3 Å². The summed E-state index contributed by atoms with van der Waals surface area (Å²) in [6.07, 6.45) is -0.244. The zero-order valence-corrected chi connectivity index (χ0v) is 13.5. The number of aromatic nitrogens is 2. The standard InChI is InChI=1S/C15H19N3O2S/c1-9-16-12(11-5-6-21-13(11)17-9)10-7-18(8-10)14(19)20-15(2,3)4/h5-6,10H,7-8H2,1-4H3. The van der Waals surface area contributed by atoms with E-state index in [0.29, 0.717) is 13.1 Å². The maximum absolute atomic E-state index is 12.0. The van der Waals surface area contributed by atoms with Gasteiger partial charge in [-0.1, -0.05) is 0 Å². The molecule has 112 valence electrons. The topological polar surface area (TPSA) is 55.3 Å². The third-order valence-corrected chi connectivity index (χ3v) is 4.19. The fourth-order valence-electron chi connectivity index (χ4n) is 2.43. The molecule has 2 aromatic heterocycles. The molecule has 0 unspecified atom stereocenters. The molecule has 2 aromatic rings. The van der Waals surface area contributed by atoms with Crippen LogP contribution < -0.4 is 0 Å². The lowest BCUT2D eigenvalue weighted by Gasteiger charge is -2.39. The van der Waals surface area contributed by atoms with Crippen LogP contribution in [0.1, 0.15) is 38.2 Å². The Morgan fingerprint density at radius 2 is 2.10 bits per heavy atom. The van der Waals surface area contributed by atoms with Crippen LogP contribution in [0.15, 0.2) is 11.4 Å². The van der Waals surface area contributed by atoms with Crippen molar-refractivity contribution in [3.05, 3.63) is 23.0 Å². The zero-order chi connectivity index (χ0) is 15.2. The molecule has 0 aromatic carbocycles. The second kappa shape index (κ2) is 4.94. The summed E-state index contributed by atoms with van der Waals surface area (Å²) < 4.78 is 5.38. The molecule has 1 aliphatic heterocycles. The van der Waals surface area contributed by atoms with Crippen LogP contribution in [0.3, 0.4) is 0 Å². The number of rotatable bonds is 1. The summed E-state index contributed by atoms with van der Waals surface area (Å²) in [4.78, 5) is 23.7. The van der Waals surface area contributed by atoms with Crippen molar-refractivity contribution in [2.24, 2.45) is 0 Å². The summed E-state index contributed by atoms with van der Waals surface area (Å²) in [5, 5.41) is 3.14. The number of likely N-dealkylation sites (tertiary alicyclic amines) is 1. The first-order valence-electron chi connectivity index (χ1n) is 7.03. The molecule has 5 nitrogen and oxygen atoms in total. The van der Waals surface area contributed by atoms with E-state index in [1.165, 1.54) is 0 Å². The first kappa shape index (κ1) is 14.3. The van der Waals surface area contributed by atoms with Crippen molar-refractivity contribution in [2.75, 3.05) is 13.1 Å². The smallest absolute Gasteiger partial charge is 0.410 e. The Hall–Kier alpha value is -1.69. The Morgan fingerprint density at radius 1 is 1.38 bits per heavy atom. The minimum absolute atomic E-state index is 0.244. The Balaban J connectivity index is 1.73. The van der Waals surface area contributed by atoms with Crippen molar-refractivity contribution in [2.45, 2.75) is 39.2 Å². The van der Waals surface area contributed by atoms with Gasteiger partial charge in [0.05, 0.1) is 5.69 Å².